The van der Waals surface area contributed by atoms with Crippen LogP contribution in [0.4, 0.5) is 26.1 Å². The Labute approximate surface area is 173 Å². The van der Waals surface area contributed by atoms with E-state index in [9.17, 15) is 17.2 Å². The molecule has 2 aromatic carbocycles. The van der Waals surface area contributed by atoms with Crippen molar-refractivity contribution in [3.8, 4) is 0 Å². The number of hydrogen-bond donors (Lipinski definition) is 1. The van der Waals surface area contributed by atoms with Crippen molar-refractivity contribution in [2.75, 3.05) is 40.7 Å². The van der Waals surface area contributed by atoms with Crippen molar-refractivity contribution in [1.29, 1.82) is 0 Å². The van der Waals surface area contributed by atoms with E-state index in [0.29, 0.717) is 12.0 Å². The number of piperazine rings is 1. The number of nitrogens with zero attached hydrogens (tertiary/aromatic N) is 4. The third kappa shape index (κ3) is 4.48. The van der Waals surface area contributed by atoms with Crippen molar-refractivity contribution in [3.63, 3.8) is 0 Å². The average molecular weight is 431 g/mol. The molecule has 1 aliphatic rings. The zero-order chi connectivity index (χ0) is 21.1. The van der Waals surface area contributed by atoms with Crippen LogP contribution in [0, 0.1) is 11.6 Å². The van der Waals surface area contributed by atoms with E-state index in [-0.39, 0.29) is 5.69 Å². The standard InChI is InChI=1S/C20H19F2N5O2S/c21-15-10-16(22)12-19(11-15)30(28,29)25-17-13-23-20(24-14-17)27-8-6-26(7-9-27)18-4-2-1-3-5-18/h1-5,10-14,25H,6-9H2. The first kappa shape index (κ1) is 20.0. The fraction of sp³-hybridized carbons (Fsp3) is 0.200. The number of benzene rings is 2. The molecule has 1 N–H and O–H groups in total. The lowest BCUT2D eigenvalue weighted by molar-refractivity contribution is 0.568. The molecule has 2 heterocycles. The van der Waals surface area contributed by atoms with Gasteiger partial charge in [0.1, 0.15) is 11.6 Å². The van der Waals surface area contributed by atoms with Gasteiger partial charge in [0.25, 0.3) is 10.0 Å². The lowest BCUT2D eigenvalue weighted by Crippen LogP contribution is -2.47. The molecule has 0 spiro atoms. The smallest absolute Gasteiger partial charge is 0.262 e. The van der Waals surface area contributed by atoms with Crippen LogP contribution < -0.4 is 14.5 Å². The number of anilines is 3. The van der Waals surface area contributed by atoms with Gasteiger partial charge in [-0.25, -0.2) is 27.2 Å². The van der Waals surface area contributed by atoms with Gasteiger partial charge >= 0.3 is 0 Å². The Bertz CT molecular complexity index is 1100. The van der Waals surface area contributed by atoms with Crippen LogP contribution >= 0.6 is 0 Å². The summed E-state index contributed by atoms with van der Waals surface area (Å²) in [6.45, 7) is 3.07. The molecular weight excluding hydrogens is 412 g/mol. The molecule has 156 valence electrons. The maximum atomic E-state index is 13.3. The van der Waals surface area contributed by atoms with Crippen LogP contribution in [0.2, 0.25) is 0 Å². The Morgan fingerprint density at radius 3 is 2.00 bits per heavy atom. The van der Waals surface area contributed by atoms with Gasteiger partial charge in [-0.2, -0.15) is 0 Å². The van der Waals surface area contributed by atoms with Crippen LogP contribution in [-0.2, 0) is 10.0 Å². The van der Waals surface area contributed by atoms with E-state index in [1.807, 2.05) is 23.1 Å². The number of rotatable bonds is 5. The van der Waals surface area contributed by atoms with Crippen LogP contribution in [0.25, 0.3) is 0 Å². The minimum Gasteiger partial charge on any atom is -0.368 e. The Hall–Kier alpha value is -3.27. The largest absolute Gasteiger partial charge is 0.368 e. The van der Waals surface area contributed by atoms with Crippen molar-refractivity contribution >= 4 is 27.3 Å². The zero-order valence-corrected chi connectivity index (χ0v) is 16.7. The van der Waals surface area contributed by atoms with Gasteiger partial charge in [-0.1, -0.05) is 18.2 Å². The lowest BCUT2D eigenvalue weighted by Gasteiger charge is -2.36. The van der Waals surface area contributed by atoms with E-state index < -0.39 is 26.6 Å². The molecule has 10 heteroatoms. The van der Waals surface area contributed by atoms with Crippen molar-refractivity contribution in [2.24, 2.45) is 0 Å². The molecule has 30 heavy (non-hydrogen) atoms. The Kier molecular flexibility index (Phi) is 5.49. The second kappa shape index (κ2) is 8.23. The van der Waals surface area contributed by atoms with Gasteiger partial charge in [0.2, 0.25) is 5.95 Å². The fourth-order valence-corrected chi connectivity index (χ4v) is 4.31. The second-order valence-electron chi connectivity index (χ2n) is 6.79. The van der Waals surface area contributed by atoms with Gasteiger partial charge in [-0.3, -0.25) is 4.72 Å². The fourth-order valence-electron chi connectivity index (χ4n) is 3.24. The Morgan fingerprint density at radius 1 is 0.833 bits per heavy atom. The third-order valence-electron chi connectivity index (χ3n) is 4.72. The molecule has 1 aromatic heterocycles. The normalized spacial score (nSPS) is 14.6. The summed E-state index contributed by atoms with van der Waals surface area (Å²) in [5.74, 6) is -1.46. The topological polar surface area (TPSA) is 78.4 Å². The maximum absolute atomic E-state index is 13.3. The average Bonchev–Trinajstić information content (AvgIpc) is 2.74. The number of halogens is 2. The summed E-state index contributed by atoms with van der Waals surface area (Å²) >= 11 is 0. The summed E-state index contributed by atoms with van der Waals surface area (Å²) in [6.07, 6.45) is 2.66. The van der Waals surface area contributed by atoms with Crippen molar-refractivity contribution in [1.82, 2.24) is 9.97 Å². The lowest BCUT2D eigenvalue weighted by atomic mass is 10.2. The summed E-state index contributed by atoms with van der Waals surface area (Å²) in [5, 5.41) is 0. The molecule has 0 radical (unpaired) electrons. The van der Waals surface area contributed by atoms with Gasteiger partial charge in [-0.05, 0) is 24.3 Å². The Balaban J connectivity index is 1.41. The van der Waals surface area contributed by atoms with Crippen LogP contribution in [0.15, 0.2) is 65.8 Å². The van der Waals surface area contributed by atoms with Crippen LogP contribution in [-0.4, -0.2) is 44.6 Å². The molecule has 0 saturated carbocycles. The summed E-state index contributed by atoms with van der Waals surface area (Å²) in [5.41, 5.74) is 1.27. The number of sulfonamides is 1. The molecule has 0 amide bonds. The minimum absolute atomic E-state index is 0.103. The summed E-state index contributed by atoms with van der Waals surface area (Å²) in [4.78, 5) is 12.2. The van der Waals surface area contributed by atoms with Crippen molar-refractivity contribution in [2.45, 2.75) is 4.90 Å². The zero-order valence-electron chi connectivity index (χ0n) is 15.9. The van der Waals surface area contributed by atoms with E-state index in [1.54, 1.807) is 0 Å². The number of aromatic nitrogens is 2. The highest BCUT2D eigenvalue weighted by Crippen LogP contribution is 2.20. The van der Waals surface area contributed by atoms with Gasteiger partial charge in [0, 0.05) is 37.9 Å². The molecule has 3 aromatic rings. The molecule has 0 bridgehead atoms. The van der Waals surface area contributed by atoms with Crippen LogP contribution in [0.1, 0.15) is 0 Å². The van der Waals surface area contributed by atoms with Gasteiger partial charge < -0.3 is 9.80 Å². The molecule has 1 fully saturated rings. The first-order chi connectivity index (χ1) is 14.4. The highest BCUT2D eigenvalue weighted by atomic mass is 32.2. The molecule has 4 rings (SSSR count). The first-order valence-electron chi connectivity index (χ1n) is 9.27. The van der Waals surface area contributed by atoms with Gasteiger partial charge in [0.15, 0.2) is 0 Å². The molecule has 7 nitrogen and oxygen atoms in total. The number of para-hydroxylation sites is 1. The monoisotopic (exact) mass is 431 g/mol. The van der Waals surface area contributed by atoms with E-state index in [1.165, 1.54) is 12.4 Å². The summed E-state index contributed by atoms with van der Waals surface area (Å²) in [6, 6.07) is 12.2. The molecular formula is C20H19F2N5O2S. The highest BCUT2D eigenvalue weighted by molar-refractivity contribution is 7.92. The predicted molar refractivity (Wildman–Crippen MR) is 110 cm³/mol. The SMILES string of the molecule is O=S(=O)(Nc1cnc(N2CCN(c3ccccc3)CC2)nc1)c1cc(F)cc(F)c1. The summed E-state index contributed by atoms with van der Waals surface area (Å²) in [7, 11) is -4.16. The second-order valence-corrected chi connectivity index (χ2v) is 8.47. The summed E-state index contributed by atoms with van der Waals surface area (Å²) < 4.78 is 53.6. The maximum Gasteiger partial charge on any atom is 0.262 e. The predicted octanol–water partition coefficient (Wildman–Crippen LogP) is 2.88. The molecule has 1 aliphatic heterocycles. The quantitative estimate of drug-likeness (QED) is 0.669. The van der Waals surface area contributed by atoms with E-state index in [2.05, 4.69) is 31.7 Å². The Morgan fingerprint density at radius 2 is 1.40 bits per heavy atom. The first-order valence-corrected chi connectivity index (χ1v) is 10.7. The minimum atomic E-state index is -4.16. The molecule has 1 saturated heterocycles. The van der Waals surface area contributed by atoms with Crippen LogP contribution in [0.5, 0.6) is 0 Å². The van der Waals surface area contributed by atoms with E-state index >= 15 is 0 Å². The number of hydrogen-bond acceptors (Lipinski definition) is 6. The van der Waals surface area contributed by atoms with Crippen molar-refractivity contribution in [3.05, 3.63) is 72.6 Å². The van der Waals surface area contributed by atoms with E-state index in [0.717, 1.165) is 44.0 Å². The van der Waals surface area contributed by atoms with Crippen LogP contribution in [0.3, 0.4) is 0 Å². The van der Waals surface area contributed by atoms with Gasteiger partial charge in [-0.15, -0.1) is 0 Å². The van der Waals surface area contributed by atoms with E-state index in [4.69, 9.17) is 0 Å². The molecule has 0 aliphatic carbocycles. The number of nitrogens with one attached hydrogen (secondary N) is 1. The third-order valence-corrected chi connectivity index (χ3v) is 6.08. The van der Waals surface area contributed by atoms with Crippen molar-refractivity contribution < 1.29 is 17.2 Å². The molecule has 0 atom stereocenters. The molecule has 0 unspecified atom stereocenters. The van der Waals surface area contributed by atoms with Gasteiger partial charge in [0.05, 0.1) is 23.0 Å². The highest BCUT2D eigenvalue weighted by Gasteiger charge is 2.20.